The molecule has 5 heteroatoms. The standard InChI is InChI=1S/C15H20O5/c1-4-18-12-10-8-7-9-11(12)13(14(16)19-5-2)15(17)20-6-3/h7-10,13H,4-6H2,1-3H3. The summed E-state index contributed by atoms with van der Waals surface area (Å²) in [6, 6.07) is 6.90. The first-order valence-electron chi connectivity index (χ1n) is 6.70. The van der Waals surface area contributed by atoms with Gasteiger partial charge in [-0.1, -0.05) is 18.2 Å². The predicted octanol–water partition coefficient (Wildman–Crippen LogP) is 2.30. The summed E-state index contributed by atoms with van der Waals surface area (Å²) in [4.78, 5) is 24.1. The molecule has 0 unspecified atom stereocenters. The second-order valence-corrected chi connectivity index (χ2v) is 3.91. The monoisotopic (exact) mass is 280 g/mol. The van der Waals surface area contributed by atoms with Crippen molar-refractivity contribution in [3.05, 3.63) is 29.8 Å². The second-order valence-electron chi connectivity index (χ2n) is 3.91. The molecule has 0 fully saturated rings. The molecule has 1 aromatic rings. The third-order valence-corrected chi connectivity index (χ3v) is 2.57. The first-order chi connectivity index (χ1) is 9.65. The van der Waals surface area contributed by atoms with Crippen molar-refractivity contribution >= 4 is 11.9 Å². The van der Waals surface area contributed by atoms with Crippen molar-refractivity contribution in [1.82, 2.24) is 0 Å². The molecule has 0 bridgehead atoms. The lowest BCUT2D eigenvalue weighted by Crippen LogP contribution is -2.26. The van der Waals surface area contributed by atoms with Crippen molar-refractivity contribution in [3.63, 3.8) is 0 Å². The van der Waals surface area contributed by atoms with Crippen LogP contribution in [0.4, 0.5) is 0 Å². The van der Waals surface area contributed by atoms with Crippen LogP contribution in [0.3, 0.4) is 0 Å². The van der Waals surface area contributed by atoms with Gasteiger partial charge in [0, 0.05) is 5.56 Å². The first-order valence-corrected chi connectivity index (χ1v) is 6.70. The molecule has 0 heterocycles. The van der Waals surface area contributed by atoms with E-state index >= 15 is 0 Å². The van der Waals surface area contributed by atoms with Crippen molar-refractivity contribution in [3.8, 4) is 5.75 Å². The van der Waals surface area contributed by atoms with Crippen molar-refractivity contribution in [2.45, 2.75) is 26.7 Å². The molecule has 110 valence electrons. The Balaban J connectivity index is 3.15. The molecule has 0 aliphatic heterocycles. The summed E-state index contributed by atoms with van der Waals surface area (Å²) < 4.78 is 15.4. The van der Waals surface area contributed by atoms with Gasteiger partial charge in [0.2, 0.25) is 0 Å². The summed E-state index contributed by atoms with van der Waals surface area (Å²) in [6.45, 7) is 6.05. The number of ether oxygens (including phenoxy) is 3. The van der Waals surface area contributed by atoms with Crippen LogP contribution >= 0.6 is 0 Å². The van der Waals surface area contributed by atoms with Crippen molar-refractivity contribution in [2.24, 2.45) is 0 Å². The third kappa shape index (κ3) is 3.98. The molecule has 1 rings (SSSR count). The number of carbonyl (C=O) groups excluding carboxylic acids is 2. The molecule has 0 N–H and O–H groups in total. The lowest BCUT2D eigenvalue weighted by molar-refractivity contribution is -0.157. The largest absolute Gasteiger partial charge is 0.494 e. The van der Waals surface area contributed by atoms with Crippen LogP contribution in [0, 0.1) is 0 Å². The average Bonchev–Trinajstić information content (AvgIpc) is 2.42. The van der Waals surface area contributed by atoms with Crippen LogP contribution in [0.25, 0.3) is 0 Å². The van der Waals surface area contributed by atoms with E-state index < -0.39 is 17.9 Å². The van der Waals surface area contributed by atoms with Crippen LogP contribution in [-0.2, 0) is 19.1 Å². The summed E-state index contributed by atoms with van der Waals surface area (Å²) in [7, 11) is 0. The summed E-state index contributed by atoms with van der Waals surface area (Å²) >= 11 is 0. The van der Waals surface area contributed by atoms with Gasteiger partial charge in [0.1, 0.15) is 5.75 Å². The minimum atomic E-state index is -1.11. The Hall–Kier alpha value is -2.04. The van der Waals surface area contributed by atoms with E-state index in [-0.39, 0.29) is 13.2 Å². The van der Waals surface area contributed by atoms with Crippen LogP contribution in [-0.4, -0.2) is 31.8 Å². The topological polar surface area (TPSA) is 61.8 Å². The third-order valence-electron chi connectivity index (χ3n) is 2.57. The maximum atomic E-state index is 12.0. The van der Waals surface area contributed by atoms with Gasteiger partial charge in [-0.05, 0) is 26.8 Å². The Kier molecular flexibility index (Phi) is 6.56. The summed E-state index contributed by atoms with van der Waals surface area (Å²) in [5.41, 5.74) is 0.464. The molecule has 0 radical (unpaired) electrons. The fraction of sp³-hybridized carbons (Fsp3) is 0.467. The molecule has 5 nitrogen and oxygen atoms in total. The van der Waals surface area contributed by atoms with E-state index in [1.54, 1.807) is 38.1 Å². The van der Waals surface area contributed by atoms with Gasteiger partial charge in [-0.15, -0.1) is 0 Å². The van der Waals surface area contributed by atoms with Gasteiger partial charge in [0.25, 0.3) is 0 Å². The fourth-order valence-electron chi connectivity index (χ4n) is 1.81. The van der Waals surface area contributed by atoms with Gasteiger partial charge in [-0.3, -0.25) is 9.59 Å². The van der Waals surface area contributed by atoms with Crippen molar-refractivity contribution in [1.29, 1.82) is 0 Å². The number of benzene rings is 1. The molecule has 1 aromatic carbocycles. The van der Waals surface area contributed by atoms with Crippen LogP contribution in [0.5, 0.6) is 5.75 Å². The number of hydrogen-bond acceptors (Lipinski definition) is 5. The van der Waals surface area contributed by atoms with Crippen LogP contribution in [0.1, 0.15) is 32.3 Å². The summed E-state index contributed by atoms with van der Waals surface area (Å²) in [5, 5.41) is 0. The molecule has 20 heavy (non-hydrogen) atoms. The minimum Gasteiger partial charge on any atom is -0.494 e. The predicted molar refractivity (Wildman–Crippen MR) is 73.6 cm³/mol. The lowest BCUT2D eigenvalue weighted by atomic mass is 9.98. The molecule has 0 saturated carbocycles. The maximum absolute atomic E-state index is 12.0. The molecule has 0 aromatic heterocycles. The van der Waals surface area contributed by atoms with Crippen LogP contribution < -0.4 is 4.74 Å². The van der Waals surface area contributed by atoms with E-state index in [0.717, 1.165) is 0 Å². The smallest absolute Gasteiger partial charge is 0.325 e. The molecule has 0 aliphatic rings. The summed E-state index contributed by atoms with van der Waals surface area (Å²) in [5.74, 6) is -1.88. The Morgan fingerprint density at radius 1 is 0.950 bits per heavy atom. The van der Waals surface area contributed by atoms with E-state index in [1.807, 2.05) is 6.92 Å². The van der Waals surface area contributed by atoms with Crippen LogP contribution in [0.15, 0.2) is 24.3 Å². The highest BCUT2D eigenvalue weighted by Gasteiger charge is 2.33. The molecule has 0 aliphatic carbocycles. The molecule has 0 saturated heterocycles. The van der Waals surface area contributed by atoms with E-state index in [1.165, 1.54) is 0 Å². The SMILES string of the molecule is CCOC(=O)C(C(=O)OCC)c1ccccc1OCC. The Labute approximate surface area is 118 Å². The quantitative estimate of drug-likeness (QED) is 0.566. The highest BCUT2D eigenvalue weighted by molar-refractivity contribution is 6.01. The maximum Gasteiger partial charge on any atom is 0.325 e. The molecule has 0 atom stereocenters. The zero-order valence-electron chi connectivity index (χ0n) is 12.0. The highest BCUT2D eigenvalue weighted by Crippen LogP contribution is 2.29. The van der Waals surface area contributed by atoms with E-state index in [0.29, 0.717) is 17.9 Å². The molecule has 0 amide bonds. The van der Waals surface area contributed by atoms with Gasteiger partial charge in [0.05, 0.1) is 19.8 Å². The highest BCUT2D eigenvalue weighted by atomic mass is 16.6. The number of para-hydroxylation sites is 1. The number of carbonyl (C=O) groups is 2. The Morgan fingerprint density at radius 2 is 1.50 bits per heavy atom. The van der Waals surface area contributed by atoms with E-state index in [9.17, 15) is 9.59 Å². The summed E-state index contributed by atoms with van der Waals surface area (Å²) in [6.07, 6.45) is 0. The second kappa shape index (κ2) is 8.19. The van der Waals surface area contributed by atoms with E-state index in [4.69, 9.17) is 14.2 Å². The number of hydrogen-bond donors (Lipinski definition) is 0. The first kappa shape index (κ1) is 16.0. The number of rotatable bonds is 7. The minimum absolute atomic E-state index is 0.200. The zero-order valence-corrected chi connectivity index (χ0v) is 12.0. The molecule has 0 spiro atoms. The average molecular weight is 280 g/mol. The lowest BCUT2D eigenvalue weighted by Gasteiger charge is -2.17. The van der Waals surface area contributed by atoms with E-state index in [2.05, 4.69) is 0 Å². The van der Waals surface area contributed by atoms with Gasteiger partial charge >= 0.3 is 11.9 Å². The van der Waals surface area contributed by atoms with Gasteiger partial charge in [0.15, 0.2) is 5.92 Å². The van der Waals surface area contributed by atoms with Crippen molar-refractivity contribution in [2.75, 3.05) is 19.8 Å². The van der Waals surface area contributed by atoms with Gasteiger partial charge in [-0.25, -0.2) is 0 Å². The normalized spacial score (nSPS) is 10.2. The number of esters is 2. The zero-order chi connectivity index (χ0) is 15.0. The van der Waals surface area contributed by atoms with Crippen LogP contribution in [0.2, 0.25) is 0 Å². The fourth-order valence-corrected chi connectivity index (χ4v) is 1.81. The Bertz CT molecular complexity index is 437. The molecular formula is C15H20O5. The van der Waals surface area contributed by atoms with Gasteiger partial charge < -0.3 is 14.2 Å². The van der Waals surface area contributed by atoms with Gasteiger partial charge in [-0.2, -0.15) is 0 Å². The molecular weight excluding hydrogens is 260 g/mol. The Morgan fingerprint density at radius 3 is 2.00 bits per heavy atom. The van der Waals surface area contributed by atoms with Crippen molar-refractivity contribution < 1.29 is 23.8 Å².